The lowest BCUT2D eigenvalue weighted by atomic mass is 10.2. The molecule has 3 nitrogen and oxygen atoms in total. The summed E-state index contributed by atoms with van der Waals surface area (Å²) in [5.74, 6) is 0. The molecule has 0 saturated carbocycles. The fourth-order valence-corrected chi connectivity index (χ4v) is 0.534. The Morgan fingerprint density at radius 2 is 1.36 bits per heavy atom. The molecule has 11 heavy (non-hydrogen) atoms. The van der Waals surface area contributed by atoms with Gasteiger partial charge in [0, 0.05) is 0 Å². The Morgan fingerprint density at radius 3 is 1.55 bits per heavy atom. The number of hydrogen-bond acceptors (Lipinski definition) is 3. The first kappa shape index (κ1) is 10.5. The summed E-state index contributed by atoms with van der Waals surface area (Å²) < 4.78 is 0. The lowest BCUT2D eigenvalue weighted by Crippen LogP contribution is -1.62. The normalized spacial score (nSPS) is 8.82. The molecule has 0 aliphatic rings. The van der Waals surface area contributed by atoms with E-state index in [1.54, 1.807) is 0 Å². The van der Waals surface area contributed by atoms with E-state index >= 15 is 0 Å². The number of rotatable bonds is 0. The summed E-state index contributed by atoms with van der Waals surface area (Å²) in [6, 6.07) is 10.3. The van der Waals surface area contributed by atoms with E-state index in [4.69, 9.17) is 14.7 Å². The average molecular weight is 174 g/mol. The van der Waals surface area contributed by atoms with Gasteiger partial charge in [-0.1, -0.05) is 35.9 Å². The molecule has 0 radical (unpaired) electrons. The van der Waals surface area contributed by atoms with Crippen molar-refractivity contribution < 1.29 is 14.7 Å². The molecule has 0 spiro atoms. The Labute approximate surface area is 66.9 Å². The van der Waals surface area contributed by atoms with Crippen LogP contribution in [-0.4, -0.2) is 14.7 Å². The Kier molecular flexibility index (Phi) is 5.99. The second kappa shape index (κ2) is 6.25. The second-order valence-corrected chi connectivity index (χ2v) is 2.46. The van der Waals surface area contributed by atoms with Crippen LogP contribution in [0.2, 0.25) is 0 Å². The summed E-state index contributed by atoms with van der Waals surface area (Å²) in [4.78, 5) is 21.7. The quantitative estimate of drug-likeness (QED) is 0.517. The Morgan fingerprint density at radius 1 is 1.00 bits per heavy atom. The third-order valence-electron chi connectivity index (χ3n) is 0.940. The molecule has 0 atom stereocenters. The minimum Gasteiger partial charge on any atom is -0.328 e. The number of hydrogen-bond donors (Lipinski definition) is 3. The smallest absolute Gasteiger partial charge is 0.324 e. The van der Waals surface area contributed by atoms with Crippen molar-refractivity contribution in [2.45, 2.75) is 6.92 Å². The van der Waals surface area contributed by atoms with E-state index in [0.29, 0.717) is 0 Å². The van der Waals surface area contributed by atoms with Crippen molar-refractivity contribution in [1.29, 1.82) is 0 Å². The molecule has 62 valence electrons. The highest BCUT2D eigenvalue weighted by Crippen LogP contribution is 2.11. The standard InChI is InChI=1S/C7H8.H3O3P/c1-7-5-3-2-4-6-7;1-4(2)3/h2-6H,1H3;1-3H. The molecule has 0 aromatic heterocycles. The van der Waals surface area contributed by atoms with Crippen molar-refractivity contribution in [3.63, 3.8) is 0 Å². The first-order chi connectivity index (χ1) is 5.13. The van der Waals surface area contributed by atoms with Gasteiger partial charge >= 0.3 is 8.60 Å². The molecule has 0 aliphatic carbocycles. The minimum absolute atomic E-state index is 1.32. The molecule has 0 amide bonds. The van der Waals surface area contributed by atoms with Gasteiger partial charge in [-0.3, -0.25) is 0 Å². The van der Waals surface area contributed by atoms with E-state index < -0.39 is 8.60 Å². The maximum Gasteiger partial charge on any atom is 0.324 e. The van der Waals surface area contributed by atoms with Crippen LogP contribution in [0.15, 0.2) is 30.3 Å². The van der Waals surface area contributed by atoms with Gasteiger partial charge in [0.05, 0.1) is 0 Å². The zero-order chi connectivity index (χ0) is 8.69. The first-order valence-electron chi connectivity index (χ1n) is 3.01. The highest BCUT2D eigenvalue weighted by atomic mass is 31.2. The van der Waals surface area contributed by atoms with Crippen molar-refractivity contribution in [3.05, 3.63) is 35.9 Å². The molecule has 3 N–H and O–H groups in total. The molecule has 0 aliphatic heterocycles. The van der Waals surface area contributed by atoms with E-state index in [2.05, 4.69) is 19.1 Å². The first-order valence-corrected chi connectivity index (χ1v) is 4.21. The molecule has 1 aromatic carbocycles. The fourth-order valence-electron chi connectivity index (χ4n) is 0.534. The molecular weight excluding hydrogens is 163 g/mol. The van der Waals surface area contributed by atoms with Gasteiger partial charge in [0.15, 0.2) is 0 Å². The Balaban J connectivity index is 0.000000218. The number of benzene rings is 1. The molecule has 0 unspecified atom stereocenters. The third kappa shape index (κ3) is 9.53. The topological polar surface area (TPSA) is 60.7 Å². The van der Waals surface area contributed by atoms with Crippen molar-refractivity contribution in [2.75, 3.05) is 0 Å². The zero-order valence-corrected chi connectivity index (χ0v) is 7.07. The predicted molar refractivity (Wildman–Crippen MR) is 44.8 cm³/mol. The van der Waals surface area contributed by atoms with Crippen LogP contribution in [-0.2, 0) is 0 Å². The SMILES string of the molecule is Cc1ccccc1.OP(O)O. The highest BCUT2D eigenvalue weighted by molar-refractivity contribution is 7.38. The maximum atomic E-state index is 7.23. The van der Waals surface area contributed by atoms with Crippen LogP contribution in [0.25, 0.3) is 0 Å². The van der Waals surface area contributed by atoms with E-state index in [1.165, 1.54) is 5.56 Å². The van der Waals surface area contributed by atoms with Crippen LogP contribution in [0.5, 0.6) is 0 Å². The molecule has 1 rings (SSSR count). The van der Waals surface area contributed by atoms with E-state index in [-0.39, 0.29) is 0 Å². The van der Waals surface area contributed by atoms with Gasteiger partial charge in [0.2, 0.25) is 0 Å². The van der Waals surface area contributed by atoms with Crippen LogP contribution < -0.4 is 0 Å². The molecule has 4 heteroatoms. The lowest BCUT2D eigenvalue weighted by Gasteiger charge is -1.82. The number of aryl methyl sites for hydroxylation is 1. The largest absolute Gasteiger partial charge is 0.328 e. The Hall–Kier alpha value is -0.470. The molecule has 0 heterocycles. The third-order valence-corrected chi connectivity index (χ3v) is 0.940. The van der Waals surface area contributed by atoms with Gasteiger partial charge in [-0.25, -0.2) is 0 Å². The summed E-state index contributed by atoms with van der Waals surface area (Å²) in [7, 11) is -2.62. The molecule has 0 fully saturated rings. The van der Waals surface area contributed by atoms with Crippen molar-refractivity contribution in [1.82, 2.24) is 0 Å². The molecular formula is C7H11O3P. The van der Waals surface area contributed by atoms with Crippen LogP contribution in [0.4, 0.5) is 0 Å². The summed E-state index contributed by atoms with van der Waals surface area (Å²) in [6.45, 7) is 2.08. The highest BCUT2D eigenvalue weighted by Gasteiger charge is 1.76. The monoisotopic (exact) mass is 174 g/mol. The lowest BCUT2D eigenvalue weighted by molar-refractivity contribution is 0.368. The van der Waals surface area contributed by atoms with Gasteiger partial charge in [-0.05, 0) is 6.92 Å². The summed E-state index contributed by atoms with van der Waals surface area (Å²) in [5, 5.41) is 0. The minimum atomic E-state index is -2.62. The van der Waals surface area contributed by atoms with E-state index in [1.807, 2.05) is 18.2 Å². The second-order valence-electron chi connectivity index (χ2n) is 1.92. The summed E-state index contributed by atoms with van der Waals surface area (Å²) in [6.07, 6.45) is 0. The van der Waals surface area contributed by atoms with E-state index in [9.17, 15) is 0 Å². The molecule has 0 bridgehead atoms. The molecule has 0 saturated heterocycles. The maximum absolute atomic E-state index is 7.23. The van der Waals surface area contributed by atoms with Gasteiger partial charge in [-0.15, -0.1) is 0 Å². The van der Waals surface area contributed by atoms with Gasteiger partial charge < -0.3 is 14.7 Å². The van der Waals surface area contributed by atoms with Crippen LogP contribution in [0.3, 0.4) is 0 Å². The van der Waals surface area contributed by atoms with Crippen LogP contribution >= 0.6 is 8.60 Å². The van der Waals surface area contributed by atoms with Crippen LogP contribution in [0.1, 0.15) is 5.56 Å². The zero-order valence-electron chi connectivity index (χ0n) is 6.18. The Bertz CT molecular complexity index is 174. The summed E-state index contributed by atoms with van der Waals surface area (Å²) >= 11 is 0. The fraction of sp³-hybridized carbons (Fsp3) is 0.143. The van der Waals surface area contributed by atoms with Crippen LogP contribution in [0, 0.1) is 6.92 Å². The summed E-state index contributed by atoms with van der Waals surface area (Å²) in [5.41, 5.74) is 1.32. The van der Waals surface area contributed by atoms with Gasteiger partial charge in [-0.2, -0.15) is 0 Å². The average Bonchev–Trinajstić information content (AvgIpc) is 1.87. The van der Waals surface area contributed by atoms with E-state index in [0.717, 1.165) is 0 Å². The van der Waals surface area contributed by atoms with Crippen molar-refractivity contribution in [2.24, 2.45) is 0 Å². The van der Waals surface area contributed by atoms with Gasteiger partial charge in [0.25, 0.3) is 0 Å². The molecule has 1 aromatic rings. The van der Waals surface area contributed by atoms with Gasteiger partial charge in [0.1, 0.15) is 0 Å². The predicted octanol–water partition coefficient (Wildman–Crippen LogP) is 1.19. The van der Waals surface area contributed by atoms with Crippen molar-refractivity contribution >= 4 is 8.60 Å². The van der Waals surface area contributed by atoms with Crippen molar-refractivity contribution in [3.8, 4) is 0 Å².